The van der Waals surface area contributed by atoms with Gasteiger partial charge in [0, 0.05) is 6.42 Å². The second-order valence-corrected chi connectivity index (χ2v) is 7.18. The number of esters is 1. The number of aryl methyl sites for hydroxylation is 1. The lowest BCUT2D eigenvalue weighted by Gasteiger charge is -2.30. The van der Waals surface area contributed by atoms with Gasteiger partial charge in [0.25, 0.3) is 0 Å². The Hall–Kier alpha value is -1.31. The fraction of sp³-hybridized carbons (Fsp3) is 0.632. The summed E-state index contributed by atoms with van der Waals surface area (Å²) in [6, 6.07) is 10.5. The van der Waals surface area contributed by atoms with Gasteiger partial charge in [0.15, 0.2) is 0 Å². The number of ether oxygens (including phenoxy) is 1. The average molecular weight is 290 g/mol. The molecular weight excluding hydrogens is 260 g/mol. The van der Waals surface area contributed by atoms with E-state index in [-0.39, 0.29) is 17.5 Å². The zero-order chi connectivity index (χ0) is 15.9. The minimum Gasteiger partial charge on any atom is -0.463 e. The highest BCUT2D eigenvalue weighted by Crippen LogP contribution is 2.33. The molecule has 2 nitrogen and oxygen atoms in total. The van der Waals surface area contributed by atoms with Crippen molar-refractivity contribution in [2.24, 2.45) is 11.3 Å². The predicted octanol–water partition coefficient (Wildman–Crippen LogP) is 5.01. The monoisotopic (exact) mass is 290 g/mol. The topological polar surface area (TPSA) is 26.3 Å². The third kappa shape index (κ3) is 7.31. The maximum Gasteiger partial charge on any atom is 0.306 e. The summed E-state index contributed by atoms with van der Waals surface area (Å²) in [6.07, 6.45) is 3.75. The Morgan fingerprint density at radius 2 is 1.76 bits per heavy atom. The Labute approximate surface area is 129 Å². The molecule has 1 unspecified atom stereocenters. The zero-order valence-corrected chi connectivity index (χ0v) is 14.2. The van der Waals surface area contributed by atoms with Crippen LogP contribution in [0.2, 0.25) is 0 Å². The van der Waals surface area contributed by atoms with E-state index in [0.717, 1.165) is 19.3 Å². The molecule has 21 heavy (non-hydrogen) atoms. The van der Waals surface area contributed by atoms with Crippen LogP contribution in [0.25, 0.3) is 0 Å². The lowest BCUT2D eigenvalue weighted by molar-refractivity contribution is -0.149. The van der Waals surface area contributed by atoms with Crippen LogP contribution in [0.1, 0.15) is 59.4 Å². The van der Waals surface area contributed by atoms with Crippen molar-refractivity contribution >= 4 is 5.97 Å². The van der Waals surface area contributed by atoms with Gasteiger partial charge in [-0.3, -0.25) is 4.79 Å². The molecule has 1 aromatic rings. The van der Waals surface area contributed by atoms with E-state index in [2.05, 4.69) is 45.0 Å². The van der Waals surface area contributed by atoms with Gasteiger partial charge in [-0.25, -0.2) is 0 Å². The molecule has 118 valence electrons. The Balaban J connectivity index is 2.49. The van der Waals surface area contributed by atoms with E-state index >= 15 is 0 Å². The van der Waals surface area contributed by atoms with Crippen LogP contribution in [0.3, 0.4) is 0 Å². The summed E-state index contributed by atoms with van der Waals surface area (Å²) in [5, 5.41) is 0. The van der Waals surface area contributed by atoms with Gasteiger partial charge in [0.05, 0.1) is 6.10 Å². The molecule has 1 rings (SSSR count). The molecule has 0 saturated carbocycles. The van der Waals surface area contributed by atoms with Gasteiger partial charge in [0.2, 0.25) is 0 Å². The van der Waals surface area contributed by atoms with Gasteiger partial charge < -0.3 is 4.74 Å². The SMILES string of the molecule is CC(C)OC(=O)CC(CCCc1ccccc1)C(C)(C)C. The zero-order valence-electron chi connectivity index (χ0n) is 14.2. The fourth-order valence-corrected chi connectivity index (χ4v) is 2.55. The standard InChI is InChI=1S/C19H30O2/c1-15(2)21-18(20)14-17(19(3,4)5)13-9-12-16-10-7-6-8-11-16/h6-8,10-11,15,17H,9,12-14H2,1-5H3. The minimum atomic E-state index is -0.0652. The number of rotatable bonds is 7. The van der Waals surface area contributed by atoms with Gasteiger partial charge in [-0.2, -0.15) is 0 Å². The molecule has 0 bridgehead atoms. The van der Waals surface area contributed by atoms with Crippen molar-refractivity contribution in [2.45, 2.75) is 66.4 Å². The Kier molecular flexibility index (Phi) is 6.94. The second kappa shape index (κ2) is 8.21. The number of benzene rings is 1. The van der Waals surface area contributed by atoms with E-state index in [0.29, 0.717) is 12.3 Å². The van der Waals surface area contributed by atoms with Crippen LogP contribution in [-0.2, 0) is 16.0 Å². The van der Waals surface area contributed by atoms with E-state index in [1.54, 1.807) is 0 Å². The number of carbonyl (C=O) groups is 1. The van der Waals surface area contributed by atoms with Crippen molar-refractivity contribution in [3.05, 3.63) is 35.9 Å². The predicted molar refractivity (Wildman–Crippen MR) is 88.2 cm³/mol. The van der Waals surface area contributed by atoms with E-state index in [9.17, 15) is 4.79 Å². The Morgan fingerprint density at radius 1 is 1.14 bits per heavy atom. The van der Waals surface area contributed by atoms with E-state index < -0.39 is 0 Å². The van der Waals surface area contributed by atoms with E-state index in [4.69, 9.17) is 4.74 Å². The summed E-state index contributed by atoms with van der Waals surface area (Å²) in [7, 11) is 0. The van der Waals surface area contributed by atoms with Crippen molar-refractivity contribution in [3.63, 3.8) is 0 Å². The fourth-order valence-electron chi connectivity index (χ4n) is 2.55. The molecule has 0 amide bonds. The largest absolute Gasteiger partial charge is 0.463 e. The minimum absolute atomic E-state index is 0.0255. The quantitative estimate of drug-likeness (QED) is 0.660. The highest BCUT2D eigenvalue weighted by Gasteiger charge is 2.27. The second-order valence-electron chi connectivity index (χ2n) is 7.18. The van der Waals surface area contributed by atoms with Gasteiger partial charge in [-0.1, -0.05) is 51.1 Å². The summed E-state index contributed by atoms with van der Waals surface area (Å²) >= 11 is 0. The summed E-state index contributed by atoms with van der Waals surface area (Å²) in [4.78, 5) is 11.9. The highest BCUT2D eigenvalue weighted by molar-refractivity contribution is 5.69. The van der Waals surface area contributed by atoms with E-state index in [1.165, 1.54) is 5.56 Å². The molecule has 1 atom stereocenters. The van der Waals surface area contributed by atoms with Gasteiger partial charge in [-0.05, 0) is 50.0 Å². The molecule has 0 heterocycles. The maximum atomic E-state index is 11.9. The molecule has 0 saturated heterocycles. The molecule has 1 aromatic carbocycles. The molecule has 0 aliphatic rings. The first-order valence-electron chi connectivity index (χ1n) is 8.02. The molecular formula is C19H30O2. The Bertz CT molecular complexity index is 415. The van der Waals surface area contributed by atoms with Crippen molar-refractivity contribution in [1.29, 1.82) is 0 Å². The number of hydrogen-bond donors (Lipinski definition) is 0. The van der Waals surface area contributed by atoms with Crippen LogP contribution in [0.5, 0.6) is 0 Å². The first-order chi connectivity index (χ1) is 9.79. The lowest BCUT2D eigenvalue weighted by Crippen LogP contribution is -2.25. The molecule has 0 fully saturated rings. The first-order valence-corrected chi connectivity index (χ1v) is 8.02. The van der Waals surface area contributed by atoms with E-state index in [1.807, 2.05) is 19.9 Å². The van der Waals surface area contributed by atoms with Crippen LogP contribution in [0.15, 0.2) is 30.3 Å². The molecule has 2 heteroatoms. The van der Waals surface area contributed by atoms with Crippen molar-refractivity contribution < 1.29 is 9.53 Å². The molecule has 0 N–H and O–H groups in total. The third-order valence-corrected chi connectivity index (χ3v) is 3.87. The smallest absolute Gasteiger partial charge is 0.306 e. The van der Waals surface area contributed by atoms with Gasteiger partial charge >= 0.3 is 5.97 Å². The first kappa shape index (κ1) is 17.7. The summed E-state index contributed by atoms with van der Waals surface area (Å²) < 4.78 is 5.30. The molecule has 0 spiro atoms. The summed E-state index contributed by atoms with van der Waals surface area (Å²) in [5.41, 5.74) is 1.50. The maximum absolute atomic E-state index is 11.9. The summed E-state index contributed by atoms with van der Waals surface area (Å²) in [6.45, 7) is 10.4. The van der Waals surface area contributed by atoms with Crippen molar-refractivity contribution in [3.8, 4) is 0 Å². The normalized spacial score (nSPS) is 13.2. The van der Waals surface area contributed by atoms with Crippen LogP contribution in [0.4, 0.5) is 0 Å². The van der Waals surface area contributed by atoms with Crippen LogP contribution >= 0.6 is 0 Å². The van der Waals surface area contributed by atoms with Gasteiger partial charge in [-0.15, -0.1) is 0 Å². The van der Waals surface area contributed by atoms with Crippen LogP contribution in [0, 0.1) is 11.3 Å². The van der Waals surface area contributed by atoms with Crippen LogP contribution in [-0.4, -0.2) is 12.1 Å². The average Bonchev–Trinajstić information content (AvgIpc) is 2.36. The van der Waals surface area contributed by atoms with Crippen molar-refractivity contribution in [2.75, 3.05) is 0 Å². The molecule has 0 radical (unpaired) electrons. The molecule has 0 aromatic heterocycles. The summed E-state index contributed by atoms with van der Waals surface area (Å²) in [5.74, 6) is 0.303. The van der Waals surface area contributed by atoms with Gasteiger partial charge in [0.1, 0.15) is 0 Å². The highest BCUT2D eigenvalue weighted by atomic mass is 16.5. The Morgan fingerprint density at radius 3 is 2.29 bits per heavy atom. The number of hydrogen-bond acceptors (Lipinski definition) is 2. The third-order valence-electron chi connectivity index (χ3n) is 3.87. The molecule has 0 aliphatic heterocycles. The van der Waals surface area contributed by atoms with Crippen molar-refractivity contribution in [1.82, 2.24) is 0 Å². The lowest BCUT2D eigenvalue weighted by atomic mass is 9.76. The van der Waals surface area contributed by atoms with Crippen LogP contribution < -0.4 is 0 Å². The molecule has 0 aliphatic carbocycles. The number of carbonyl (C=O) groups excluding carboxylic acids is 1.